The predicted molar refractivity (Wildman–Crippen MR) is 77.9 cm³/mol. The van der Waals surface area contributed by atoms with E-state index in [1.807, 2.05) is 12.3 Å². The highest BCUT2D eigenvalue weighted by Crippen LogP contribution is 2.42. The molecule has 0 unspecified atom stereocenters. The van der Waals surface area contributed by atoms with E-state index in [0.29, 0.717) is 11.3 Å². The minimum Gasteiger partial charge on any atom is -0.507 e. The van der Waals surface area contributed by atoms with Crippen LogP contribution in [0.5, 0.6) is 11.5 Å². The fraction of sp³-hybridized carbons (Fsp3) is 0.143. The quantitative estimate of drug-likeness (QED) is 0.676. The number of nitrogens with one attached hydrogen (secondary N) is 1. The molecular weight excluding hydrogens is 274 g/mol. The van der Waals surface area contributed by atoms with Gasteiger partial charge in [-0.15, -0.1) is 11.3 Å². The average molecular weight is 287 g/mol. The maximum atomic E-state index is 10.1. The molecule has 3 N–H and O–H groups in total. The third-order valence-corrected chi connectivity index (χ3v) is 3.97. The highest BCUT2D eigenvalue weighted by molar-refractivity contribution is 7.13. The van der Waals surface area contributed by atoms with Crippen LogP contribution in [-0.4, -0.2) is 25.4 Å². The third-order valence-electron chi connectivity index (χ3n) is 2.98. The number of phenolic OH excluding ortho intramolecular Hbond substituents is 2. The van der Waals surface area contributed by atoms with E-state index in [1.54, 1.807) is 25.3 Å². The summed E-state index contributed by atoms with van der Waals surface area (Å²) in [5.41, 5.74) is 3.38. The summed E-state index contributed by atoms with van der Waals surface area (Å²) in [5, 5.41) is 29.8. The van der Waals surface area contributed by atoms with Crippen molar-refractivity contribution < 1.29 is 10.2 Å². The molecule has 20 heavy (non-hydrogen) atoms. The molecule has 0 aliphatic rings. The lowest BCUT2D eigenvalue weighted by atomic mass is 10.0. The summed E-state index contributed by atoms with van der Waals surface area (Å²) in [4.78, 5) is 4.41. The van der Waals surface area contributed by atoms with Crippen molar-refractivity contribution in [2.24, 2.45) is 0 Å². The topological polar surface area (TPSA) is 82.0 Å². The van der Waals surface area contributed by atoms with Crippen LogP contribution in [-0.2, 0) is 0 Å². The lowest BCUT2D eigenvalue weighted by molar-refractivity contribution is 0.453. The van der Waals surface area contributed by atoms with E-state index in [-0.39, 0.29) is 11.5 Å². The Kier molecular flexibility index (Phi) is 2.94. The Labute approximate surface area is 119 Å². The molecule has 0 bridgehead atoms. The van der Waals surface area contributed by atoms with Gasteiger partial charge in [-0.1, -0.05) is 0 Å². The lowest BCUT2D eigenvalue weighted by Gasteiger charge is -2.08. The van der Waals surface area contributed by atoms with Gasteiger partial charge in [0.15, 0.2) is 0 Å². The minimum absolute atomic E-state index is 0.0151. The summed E-state index contributed by atoms with van der Waals surface area (Å²) in [6, 6.07) is 3.21. The fourth-order valence-electron chi connectivity index (χ4n) is 2.12. The number of H-pyrrole nitrogens is 1. The van der Waals surface area contributed by atoms with Gasteiger partial charge in [-0.3, -0.25) is 5.10 Å². The van der Waals surface area contributed by atoms with Gasteiger partial charge in [0.05, 0.1) is 23.0 Å². The Morgan fingerprint density at radius 1 is 1.15 bits per heavy atom. The van der Waals surface area contributed by atoms with Crippen LogP contribution in [0.1, 0.15) is 11.3 Å². The van der Waals surface area contributed by atoms with Crippen LogP contribution in [0.2, 0.25) is 0 Å². The summed E-state index contributed by atoms with van der Waals surface area (Å²) in [5.74, 6) is 0.0301. The zero-order chi connectivity index (χ0) is 14.3. The van der Waals surface area contributed by atoms with Crippen molar-refractivity contribution in [3.8, 4) is 33.3 Å². The number of aromatic nitrogens is 3. The molecule has 6 heteroatoms. The van der Waals surface area contributed by atoms with Crippen molar-refractivity contribution >= 4 is 11.3 Å². The SMILES string of the molecule is Cc1cc(O)c(-c2[nH]ncc2-c2nc(C)cs2)c(O)c1. The second-order valence-corrected chi connectivity index (χ2v) is 5.49. The van der Waals surface area contributed by atoms with Crippen LogP contribution in [0.4, 0.5) is 0 Å². The van der Waals surface area contributed by atoms with Crippen LogP contribution in [0.15, 0.2) is 23.7 Å². The van der Waals surface area contributed by atoms with Gasteiger partial charge in [0.1, 0.15) is 16.5 Å². The zero-order valence-corrected chi connectivity index (χ0v) is 11.8. The Bertz CT molecular complexity index is 753. The molecule has 0 saturated heterocycles. The number of aromatic hydroxyl groups is 2. The first kappa shape index (κ1) is 12.7. The molecule has 3 rings (SSSR count). The number of rotatable bonds is 2. The van der Waals surface area contributed by atoms with Crippen molar-refractivity contribution in [3.05, 3.63) is 35.0 Å². The van der Waals surface area contributed by atoms with Crippen LogP contribution < -0.4 is 0 Å². The van der Waals surface area contributed by atoms with E-state index < -0.39 is 0 Å². The van der Waals surface area contributed by atoms with Gasteiger partial charge < -0.3 is 10.2 Å². The highest BCUT2D eigenvalue weighted by atomic mass is 32.1. The number of hydrogen-bond donors (Lipinski definition) is 3. The molecule has 0 amide bonds. The van der Waals surface area contributed by atoms with E-state index in [4.69, 9.17) is 0 Å². The van der Waals surface area contributed by atoms with Gasteiger partial charge in [0.25, 0.3) is 0 Å². The highest BCUT2D eigenvalue weighted by Gasteiger charge is 2.19. The van der Waals surface area contributed by atoms with Gasteiger partial charge in [-0.2, -0.15) is 5.10 Å². The standard InChI is InChI=1S/C14H13N3O2S/c1-7-3-10(18)12(11(19)4-7)13-9(5-15-17-13)14-16-8(2)6-20-14/h3-6,18-19H,1-2H3,(H,15,17). The number of benzene rings is 1. The normalized spacial score (nSPS) is 10.9. The molecule has 0 aliphatic heterocycles. The molecule has 3 aromatic rings. The Balaban J connectivity index is 2.20. The molecular formula is C14H13N3O2S. The maximum Gasteiger partial charge on any atom is 0.128 e. The van der Waals surface area contributed by atoms with E-state index in [9.17, 15) is 10.2 Å². The molecule has 2 aromatic heterocycles. The number of phenols is 2. The molecule has 0 atom stereocenters. The van der Waals surface area contributed by atoms with Gasteiger partial charge in [0, 0.05) is 11.1 Å². The van der Waals surface area contributed by atoms with E-state index in [0.717, 1.165) is 21.8 Å². The monoisotopic (exact) mass is 287 g/mol. The Morgan fingerprint density at radius 3 is 2.45 bits per heavy atom. The summed E-state index contributed by atoms with van der Waals surface area (Å²) in [6.07, 6.45) is 1.65. The number of aryl methyl sites for hydroxylation is 2. The largest absolute Gasteiger partial charge is 0.507 e. The zero-order valence-electron chi connectivity index (χ0n) is 11.0. The molecule has 2 heterocycles. The number of thiazole rings is 1. The van der Waals surface area contributed by atoms with Gasteiger partial charge >= 0.3 is 0 Å². The van der Waals surface area contributed by atoms with Crippen molar-refractivity contribution in [1.29, 1.82) is 0 Å². The first-order valence-corrected chi connectivity index (χ1v) is 6.93. The van der Waals surface area contributed by atoms with Crippen LogP contribution in [0.3, 0.4) is 0 Å². The van der Waals surface area contributed by atoms with Crippen LogP contribution in [0, 0.1) is 13.8 Å². The molecule has 0 saturated carbocycles. The molecule has 5 nitrogen and oxygen atoms in total. The second-order valence-electron chi connectivity index (χ2n) is 4.63. The van der Waals surface area contributed by atoms with Crippen LogP contribution in [0.25, 0.3) is 21.8 Å². The summed E-state index contributed by atoms with van der Waals surface area (Å²) in [6.45, 7) is 3.72. The van der Waals surface area contributed by atoms with Crippen LogP contribution >= 0.6 is 11.3 Å². The molecule has 0 spiro atoms. The van der Waals surface area contributed by atoms with Crippen molar-refractivity contribution in [2.45, 2.75) is 13.8 Å². The predicted octanol–water partition coefficient (Wildman–Crippen LogP) is 3.23. The fourth-order valence-corrected chi connectivity index (χ4v) is 2.93. The number of hydrogen-bond acceptors (Lipinski definition) is 5. The Morgan fingerprint density at radius 2 is 1.85 bits per heavy atom. The number of aromatic amines is 1. The first-order valence-electron chi connectivity index (χ1n) is 6.05. The van der Waals surface area contributed by atoms with Crippen molar-refractivity contribution in [2.75, 3.05) is 0 Å². The van der Waals surface area contributed by atoms with Gasteiger partial charge in [0.2, 0.25) is 0 Å². The summed E-state index contributed by atoms with van der Waals surface area (Å²) >= 11 is 1.50. The number of nitrogens with zero attached hydrogens (tertiary/aromatic N) is 2. The smallest absolute Gasteiger partial charge is 0.128 e. The second kappa shape index (κ2) is 4.64. The lowest BCUT2D eigenvalue weighted by Crippen LogP contribution is -1.86. The van der Waals surface area contributed by atoms with E-state index in [1.165, 1.54) is 11.3 Å². The van der Waals surface area contributed by atoms with Gasteiger partial charge in [-0.25, -0.2) is 4.98 Å². The van der Waals surface area contributed by atoms with E-state index >= 15 is 0 Å². The van der Waals surface area contributed by atoms with Crippen molar-refractivity contribution in [3.63, 3.8) is 0 Å². The van der Waals surface area contributed by atoms with Crippen molar-refractivity contribution in [1.82, 2.24) is 15.2 Å². The molecule has 102 valence electrons. The molecule has 0 fully saturated rings. The summed E-state index contributed by atoms with van der Waals surface area (Å²) in [7, 11) is 0. The van der Waals surface area contributed by atoms with E-state index in [2.05, 4.69) is 15.2 Å². The average Bonchev–Trinajstić information content (AvgIpc) is 2.96. The maximum absolute atomic E-state index is 10.1. The van der Waals surface area contributed by atoms with Gasteiger partial charge in [-0.05, 0) is 31.5 Å². The Hall–Kier alpha value is -2.34. The molecule has 1 aromatic carbocycles. The third kappa shape index (κ3) is 2.04. The molecule has 0 radical (unpaired) electrons. The minimum atomic E-state index is 0.0151. The molecule has 0 aliphatic carbocycles. The summed E-state index contributed by atoms with van der Waals surface area (Å²) < 4.78 is 0. The first-order chi connectivity index (χ1) is 9.56.